The van der Waals surface area contributed by atoms with Crippen LogP contribution in [0.2, 0.25) is 0 Å². The monoisotopic (exact) mass is 431 g/mol. The summed E-state index contributed by atoms with van der Waals surface area (Å²) in [7, 11) is 0. The van der Waals surface area contributed by atoms with Crippen LogP contribution >= 0.6 is 50.8 Å². The number of nitrogens with one attached hydrogen (secondary N) is 1. The number of rotatable bonds is 8. The Morgan fingerprint density at radius 2 is 2.04 bits per heavy atom. The van der Waals surface area contributed by atoms with Gasteiger partial charge in [0, 0.05) is 15.9 Å². The summed E-state index contributed by atoms with van der Waals surface area (Å²) in [5.74, 6) is 1.37. The maximum atomic E-state index is 12.0. The molecule has 0 saturated carbocycles. The zero-order chi connectivity index (χ0) is 16.7. The fourth-order valence-corrected chi connectivity index (χ4v) is 4.89. The molecule has 0 fully saturated rings. The van der Waals surface area contributed by atoms with Gasteiger partial charge < -0.3 is 5.32 Å². The van der Waals surface area contributed by atoms with E-state index >= 15 is 0 Å². The Bertz CT molecular complexity index is 663. The number of benzene rings is 1. The molecule has 1 aromatic carbocycles. The Kier molecular flexibility index (Phi) is 7.88. The van der Waals surface area contributed by atoms with E-state index in [9.17, 15) is 4.79 Å². The number of anilines is 1. The molecule has 0 radical (unpaired) electrons. The highest BCUT2D eigenvalue weighted by Gasteiger charge is 2.09. The molecule has 1 heterocycles. The van der Waals surface area contributed by atoms with E-state index in [2.05, 4.69) is 38.4 Å². The third-order valence-electron chi connectivity index (χ3n) is 2.88. The van der Waals surface area contributed by atoms with Crippen LogP contribution in [0.4, 0.5) is 5.69 Å². The van der Waals surface area contributed by atoms with Crippen LogP contribution in [-0.4, -0.2) is 27.6 Å². The first-order chi connectivity index (χ1) is 11.1. The van der Waals surface area contributed by atoms with E-state index in [-0.39, 0.29) is 5.91 Å². The van der Waals surface area contributed by atoms with Crippen molar-refractivity contribution >= 4 is 62.4 Å². The molecule has 1 amide bonds. The molecule has 0 unspecified atom stereocenters. The molecule has 0 spiro atoms. The van der Waals surface area contributed by atoms with Gasteiger partial charge in [-0.15, -0.1) is 10.2 Å². The number of hydrogen-bond acceptors (Lipinski definition) is 6. The third kappa shape index (κ3) is 6.45. The molecule has 0 saturated heterocycles. The summed E-state index contributed by atoms with van der Waals surface area (Å²) in [5, 5.41) is 11.2. The summed E-state index contributed by atoms with van der Waals surface area (Å²) in [5.41, 5.74) is 1.90. The molecule has 1 aromatic heterocycles. The van der Waals surface area contributed by atoms with Crippen molar-refractivity contribution in [1.29, 1.82) is 0 Å². The molecule has 124 valence electrons. The maximum Gasteiger partial charge on any atom is 0.234 e. The van der Waals surface area contributed by atoms with Crippen LogP contribution in [0.1, 0.15) is 25.3 Å². The highest BCUT2D eigenvalue weighted by molar-refractivity contribution is 9.10. The number of aromatic nitrogens is 2. The number of halogens is 1. The summed E-state index contributed by atoms with van der Waals surface area (Å²) >= 11 is 8.16. The number of hydrogen-bond donors (Lipinski definition) is 1. The van der Waals surface area contributed by atoms with E-state index < -0.39 is 0 Å². The molecule has 0 bridgehead atoms. The Hall–Kier alpha value is -0.570. The molecule has 2 rings (SSSR count). The van der Waals surface area contributed by atoms with E-state index in [0.29, 0.717) is 5.75 Å². The van der Waals surface area contributed by atoms with Gasteiger partial charge in [0.15, 0.2) is 8.68 Å². The van der Waals surface area contributed by atoms with E-state index in [1.807, 2.05) is 25.1 Å². The Morgan fingerprint density at radius 3 is 2.74 bits per heavy atom. The fraction of sp³-hybridized carbons (Fsp3) is 0.400. The highest BCUT2D eigenvalue weighted by Crippen LogP contribution is 2.29. The van der Waals surface area contributed by atoms with E-state index in [1.165, 1.54) is 24.6 Å². The zero-order valence-electron chi connectivity index (χ0n) is 13.0. The number of carbonyl (C=O) groups excluding carboxylic acids is 1. The van der Waals surface area contributed by atoms with Crippen molar-refractivity contribution in [2.24, 2.45) is 0 Å². The van der Waals surface area contributed by atoms with Gasteiger partial charge in [-0.05, 0) is 37.1 Å². The first-order valence-corrected chi connectivity index (χ1v) is 10.8. The average molecular weight is 432 g/mol. The fourth-order valence-electron chi connectivity index (χ4n) is 1.66. The highest BCUT2D eigenvalue weighted by atomic mass is 79.9. The predicted octanol–water partition coefficient (Wildman–Crippen LogP) is 5.23. The normalized spacial score (nSPS) is 10.7. The molecule has 1 N–H and O–H groups in total. The minimum Gasteiger partial charge on any atom is -0.325 e. The van der Waals surface area contributed by atoms with Crippen LogP contribution in [0, 0.1) is 6.92 Å². The number of thioether (sulfide) groups is 2. The van der Waals surface area contributed by atoms with Crippen molar-refractivity contribution in [2.75, 3.05) is 16.8 Å². The molecule has 23 heavy (non-hydrogen) atoms. The summed E-state index contributed by atoms with van der Waals surface area (Å²) < 4.78 is 2.85. The lowest BCUT2D eigenvalue weighted by Gasteiger charge is -2.06. The van der Waals surface area contributed by atoms with Gasteiger partial charge in [-0.2, -0.15) is 0 Å². The second-order valence-corrected chi connectivity index (χ2v) is 9.23. The van der Waals surface area contributed by atoms with Gasteiger partial charge in [-0.1, -0.05) is 64.1 Å². The smallest absolute Gasteiger partial charge is 0.234 e. The topological polar surface area (TPSA) is 54.9 Å². The van der Waals surface area contributed by atoms with Gasteiger partial charge in [-0.3, -0.25) is 4.79 Å². The molecule has 0 aliphatic heterocycles. The molecule has 0 atom stereocenters. The lowest BCUT2D eigenvalue weighted by Crippen LogP contribution is -2.14. The zero-order valence-corrected chi connectivity index (χ0v) is 17.0. The average Bonchev–Trinajstić information content (AvgIpc) is 2.97. The van der Waals surface area contributed by atoms with Crippen LogP contribution in [-0.2, 0) is 4.79 Å². The van der Waals surface area contributed by atoms with Gasteiger partial charge in [-0.25, -0.2) is 0 Å². The molecule has 4 nitrogen and oxygen atoms in total. The molecule has 2 aromatic rings. The molecule has 0 aliphatic rings. The lowest BCUT2D eigenvalue weighted by molar-refractivity contribution is -0.113. The van der Waals surface area contributed by atoms with Gasteiger partial charge in [0.2, 0.25) is 5.91 Å². The number of carbonyl (C=O) groups is 1. The van der Waals surface area contributed by atoms with Gasteiger partial charge in [0.1, 0.15) is 0 Å². The first-order valence-electron chi connectivity index (χ1n) is 7.23. The third-order valence-corrected chi connectivity index (χ3v) is 7.05. The predicted molar refractivity (Wildman–Crippen MR) is 104 cm³/mol. The van der Waals surface area contributed by atoms with E-state index in [0.717, 1.165) is 30.2 Å². The van der Waals surface area contributed by atoms with Gasteiger partial charge in [0.25, 0.3) is 0 Å². The standard InChI is InChI=1S/C15H18BrN3OS3/c1-3-4-7-21-14-18-19-15(23-14)22-9-13(20)17-11-5-6-12(16)10(2)8-11/h5-6,8H,3-4,7,9H2,1-2H3,(H,17,20). The van der Waals surface area contributed by atoms with Crippen molar-refractivity contribution in [1.82, 2.24) is 10.2 Å². The van der Waals surface area contributed by atoms with E-state index in [4.69, 9.17) is 0 Å². The van der Waals surface area contributed by atoms with Crippen LogP contribution in [0.5, 0.6) is 0 Å². The number of nitrogens with zero attached hydrogens (tertiary/aromatic N) is 2. The Balaban J connectivity index is 1.78. The summed E-state index contributed by atoms with van der Waals surface area (Å²) in [6.07, 6.45) is 2.37. The number of amides is 1. The first kappa shape index (κ1) is 18.8. The SMILES string of the molecule is CCCCSc1nnc(SCC(=O)Nc2ccc(Br)c(C)c2)s1. The Morgan fingerprint density at radius 1 is 1.30 bits per heavy atom. The second-order valence-electron chi connectivity index (χ2n) is 4.84. The Labute approximate surface area is 157 Å². The lowest BCUT2D eigenvalue weighted by atomic mass is 10.2. The summed E-state index contributed by atoms with van der Waals surface area (Å²) in [6, 6.07) is 5.76. The van der Waals surface area contributed by atoms with Crippen molar-refractivity contribution in [3.05, 3.63) is 28.2 Å². The minimum absolute atomic E-state index is 0.0351. The molecule has 8 heteroatoms. The molecule has 0 aliphatic carbocycles. The molecular formula is C15H18BrN3OS3. The minimum atomic E-state index is -0.0351. The van der Waals surface area contributed by atoms with Crippen molar-refractivity contribution < 1.29 is 4.79 Å². The van der Waals surface area contributed by atoms with Gasteiger partial charge >= 0.3 is 0 Å². The van der Waals surface area contributed by atoms with Gasteiger partial charge in [0.05, 0.1) is 5.75 Å². The quantitative estimate of drug-likeness (QED) is 0.457. The largest absolute Gasteiger partial charge is 0.325 e. The van der Waals surface area contributed by atoms with Crippen molar-refractivity contribution in [2.45, 2.75) is 35.4 Å². The van der Waals surface area contributed by atoms with E-state index in [1.54, 1.807) is 23.1 Å². The van der Waals surface area contributed by atoms with Crippen LogP contribution in [0.3, 0.4) is 0 Å². The number of aryl methyl sites for hydroxylation is 1. The maximum absolute atomic E-state index is 12.0. The van der Waals surface area contributed by atoms with Crippen LogP contribution in [0.15, 0.2) is 31.4 Å². The summed E-state index contributed by atoms with van der Waals surface area (Å²) in [6.45, 7) is 4.17. The van der Waals surface area contributed by atoms with Crippen LogP contribution in [0.25, 0.3) is 0 Å². The number of unbranched alkanes of at least 4 members (excludes halogenated alkanes) is 1. The molecular weight excluding hydrogens is 414 g/mol. The summed E-state index contributed by atoms with van der Waals surface area (Å²) in [4.78, 5) is 12.0. The van der Waals surface area contributed by atoms with Crippen molar-refractivity contribution in [3.8, 4) is 0 Å². The van der Waals surface area contributed by atoms with Crippen LogP contribution < -0.4 is 5.32 Å². The second kappa shape index (κ2) is 9.66. The van der Waals surface area contributed by atoms with Crippen molar-refractivity contribution in [3.63, 3.8) is 0 Å².